The molecule has 7 nitrogen and oxygen atoms in total. The topological polar surface area (TPSA) is 80.1 Å². The molecule has 3 rings (SSSR count). The maximum atomic E-state index is 12.5. The summed E-state index contributed by atoms with van der Waals surface area (Å²) >= 11 is 0. The van der Waals surface area contributed by atoms with Crippen LogP contribution in [0.3, 0.4) is 0 Å². The number of hydrogen-bond acceptors (Lipinski definition) is 5. The lowest BCUT2D eigenvalue weighted by Gasteiger charge is -2.25. The second-order valence-electron chi connectivity index (χ2n) is 5.54. The van der Waals surface area contributed by atoms with Crippen molar-refractivity contribution in [2.24, 2.45) is 0 Å². The van der Waals surface area contributed by atoms with Crippen LogP contribution in [0.2, 0.25) is 0 Å². The van der Waals surface area contributed by atoms with E-state index in [1.54, 1.807) is 22.6 Å². The van der Waals surface area contributed by atoms with Crippen LogP contribution in [0, 0.1) is 0 Å². The molecular weight excluding hydrogens is 314 g/mol. The average molecular weight is 335 g/mol. The van der Waals surface area contributed by atoms with Gasteiger partial charge in [0.1, 0.15) is 10.7 Å². The second-order valence-corrected chi connectivity index (χ2v) is 7.48. The summed E-state index contributed by atoms with van der Waals surface area (Å²) in [4.78, 5) is 4.47. The van der Waals surface area contributed by atoms with Crippen LogP contribution in [0.25, 0.3) is 0 Å². The number of rotatable bonds is 6. The molecular formula is C15H21N5O2S. The van der Waals surface area contributed by atoms with Gasteiger partial charge in [-0.05, 0) is 31.0 Å². The first-order valence-corrected chi connectivity index (χ1v) is 9.28. The summed E-state index contributed by atoms with van der Waals surface area (Å²) < 4.78 is 28.4. The van der Waals surface area contributed by atoms with E-state index in [1.165, 1.54) is 6.20 Å². The molecule has 0 bridgehead atoms. The molecule has 23 heavy (non-hydrogen) atoms. The fourth-order valence-electron chi connectivity index (χ4n) is 2.62. The highest BCUT2D eigenvalue weighted by Gasteiger charge is 2.25. The Morgan fingerprint density at radius 3 is 2.65 bits per heavy atom. The smallest absolute Gasteiger partial charge is 0.244 e. The van der Waals surface area contributed by atoms with Gasteiger partial charge >= 0.3 is 0 Å². The van der Waals surface area contributed by atoms with Crippen molar-refractivity contribution in [1.82, 2.24) is 19.1 Å². The van der Waals surface area contributed by atoms with Gasteiger partial charge in [0.2, 0.25) is 10.0 Å². The quantitative estimate of drug-likeness (QED) is 0.866. The molecule has 3 heterocycles. The molecule has 124 valence electrons. The van der Waals surface area contributed by atoms with Crippen LogP contribution in [0.15, 0.2) is 41.7 Å². The van der Waals surface area contributed by atoms with Crippen LogP contribution < -0.4 is 5.32 Å². The van der Waals surface area contributed by atoms with Crippen LogP contribution in [0.1, 0.15) is 19.3 Å². The molecule has 0 unspecified atom stereocenters. The summed E-state index contributed by atoms with van der Waals surface area (Å²) in [7, 11) is -3.41. The lowest BCUT2D eigenvalue weighted by Crippen LogP contribution is -2.35. The van der Waals surface area contributed by atoms with Crippen molar-refractivity contribution >= 4 is 15.8 Å². The van der Waals surface area contributed by atoms with Crippen molar-refractivity contribution in [3.8, 4) is 0 Å². The Balaban J connectivity index is 1.59. The van der Waals surface area contributed by atoms with E-state index in [4.69, 9.17) is 0 Å². The lowest BCUT2D eigenvalue weighted by molar-refractivity contribution is 0.346. The number of hydrogen-bond donors (Lipinski definition) is 1. The van der Waals surface area contributed by atoms with Crippen LogP contribution in [-0.2, 0) is 16.6 Å². The minimum absolute atomic E-state index is 0.261. The number of nitrogens with zero attached hydrogens (tertiary/aromatic N) is 4. The van der Waals surface area contributed by atoms with E-state index >= 15 is 0 Å². The Kier molecular flexibility index (Phi) is 4.92. The molecule has 0 spiro atoms. The Labute approximate surface area is 136 Å². The summed E-state index contributed by atoms with van der Waals surface area (Å²) in [6.07, 6.45) is 8.02. The fraction of sp³-hybridized carbons (Fsp3) is 0.467. The highest BCUT2D eigenvalue weighted by molar-refractivity contribution is 7.89. The van der Waals surface area contributed by atoms with E-state index in [1.807, 2.05) is 16.9 Å². The molecule has 0 atom stereocenters. The van der Waals surface area contributed by atoms with Gasteiger partial charge in [-0.2, -0.15) is 9.40 Å². The van der Waals surface area contributed by atoms with E-state index in [0.29, 0.717) is 25.5 Å². The van der Waals surface area contributed by atoms with Crippen molar-refractivity contribution < 1.29 is 8.42 Å². The monoisotopic (exact) mass is 335 g/mol. The van der Waals surface area contributed by atoms with Gasteiger partial charge in [-0.1, -0.05) is 6.42 Å². The molecule has 2 aromatic rings. The first kappa shape index (κ1) is 15.9. The molecule has 1 N–H and O–H groups in total. The number of pyridine rings is 1. The van der Waals surface area contributed by atoms with E-state index in [0.717, 1.165) is 25.8 Å². The first-order valence-electron chi connectivity index (χ1n) is 7.84. The standard InChI is InChI=1S/C15H21N5O2S/c21-23(22,20-10-2-1-3-11-20)14-5-6-15(17-13-14)16-8-12-19-9-4-7-18-19/h4-7,9,13H,1-3,8,10-12H2,(H,16,17). The van der Waals surface area contributed by atoms with Gasteiger partial charge in [0.05, 0.1) is 6.54 Å². The Morgan fingerprint density at radius 2 is 2.00 bits per heavy atom. The second kappa shape index (κ2) is 7.10. The maximum Gasteiger partial charge on any atom is 0.244 e. The summed E-state index contributed by atoms with van der Waals surface area (Å²) in [6, 6.07) is 5.20. The molecule has 1 fully saturated rings. The van der Waals surface area contributed by atoms with Gasteiger partial charge in [-0.15, -0.1) is 0 Å². The molecule has 1 aliphatic heterocycles. The zero-order valence-corrected chi connectivity index (χ0v) is 13.7. The van der Waals surface area contributed by atoms with Crippen LogP contribution >= 0.6 is 0 Å². The van der Waals surface area contributed by atoms with Crippen molar-refractivity contribution in [1.29, 1.82) is 0 Å². The SMILES string of the molecule is O=S(=O)(c1ccc(NCCn2cccn2)nc1)N1CCCCC1. The van der Waals surface area contributed by atoms with Crippen molar-refractivity contribution in [2.75, 3.05) is 25.0 Å². The molecule has 0 radical (unpaired) electrons. The summed E-state index contributed by atoms with van der Waals surface area (Å²) in [6.45, 7) is 2.60. The molecule has 0 amide bonds. The Hall–Kier alpha value is -1.93. The van der Waals surface area contributed by atoms with Gasteiger partial charge in [0.25, 0.3) is 0 Å². The maximum absolute atomic E-state index is 12.5. The van der Waals surface area contributed by atoms with E-state index < -0.39 is 10.0 Å². The van der Waals surface area contributed by atoms with Crippen LogP contribution in [-0.4, -0.2) is 47.1 Å². The first-order chi connectivity index (χ1) is 11.2. The van der Waals surface area contributed by atoms with Gasteiger partial charge in [-0.3, -0.25) is 4.68 Å². The van der Waals surface area contributed by atoms with Crippen molar-refractivity contribution in [3.05, 3.63) is 36.8 Å². The molecule has 2 aromatic heterocycles. The highest BCUT2D eigenvalue weighted by atomic mass is 32.2. The number of aromatic nitrogens is 3. The third-order valence-electron chi connectivity index (χ3n) is 3.90. The Bertz CT molecular complexity index is 707. The zero-order chi connectivity index (χ0) is 16.1. The summed E-state index contributed by atoms with van der Waals surface area (Å²) in [5.74, 6) is 0.662. The number of anilines is 1. The number of sulfonamides is 1. The fourth-order valence-corrected chi connectivity index (χ4v) is 4.09. The third kappa shape index (κ3) is 3.89. The molecule has 0 aromatic carbocycles. The lowest BCUT2D eigenvalue weighted by atomic mass is 10.2. The third-order valence-corrected chi connectivity index (χ3v) is 5.78. The van der Waals surface area contributed by atoms with Crippen LogP contribution in [0.4, 0.5) is 5.82 Å². The molecule has 8 heteroatoms. The number of piperidine rings is 1. The van der Waals surface area contributed by atoms with E-state index in [9.17, 15) is 8.42 Å². The highest BCUT2D eigenvalue weighted by Crippen LogP contribution is 2.20. The normalized spacial score (nSPS) is 16.3. The van der Waals surface area contributed by atoms with Gasteiger partial charge in [0.15, 0.2) is 0 Å². The minimum Gasteiger partial charge on any atom is -0.368 e. The molecule has 0 saturated carbocycles. The molecule has 0 aliphatic carbocycles. The zero-order valence-electron chi connectivity index (χ0n) is 12.9. The van der Waals surface area contributed by atoms with E-state index in [2.05, 4.69) is 15.4 Å². The average Bonchev–Trinajstić information content (AvgIpc) is 3.10. The van der Waals surface area contributed by atoms with Crippen molar-refractivity contribution in [3.63, 3.8) is 0 Å². The predicted molar refractivity (Wildman–Crippen MR) is 87.6 cm³/mol. The number of nitrogens with one attached hydrogen (secondary N) is 1. The van der Waals surface area contributed by atoms with Gasteiger partial charge in [-0.25, -0.2) is 13.4 Å². The van der Waals surface area contributed by atoms with Crippen molar-refractivity contribution in [2.45, 2.75) is 30.7 Å². The molecule has 1 aliphatic rings. The molecule has 1 saturated heterocycles. The largest absolute Gasteiger partial charge is 0.368 e. The predicted octanol–water partition coefficient (Wildman–Crippen LogP) is 1.56. The Morgan fingerprint density at radius 1 is 1.17 bits per heavy atom. The minimum atomic E-state index is -3.41. The van der Waals surface area contributed by atoms with Gasteiger partial charge in [0, 0.05) is 38.2 Å². The van der Waals surface area contributed by atoms with Crippen LogP contribution in [0.5, 0.6) is 0 Å². The summed E-state index contributed by atoms with van der Waals surface area (Å²) in [5, 5.41) is 7.28. The van der Waals surface area contributed by atoms with E-state index in [-0.39, 0.29) is 4.90 Å². The van der Waals surface area contributed by atoms with Gasteiger partial charge < -0.3 is 5.32 Å². The summed E-state index contributed by atoms with van der Waals surface area (Å²) in [5.41, 5.74) is 0.